The first-order chi connectivity index (χ1) is 19.4. The maximum atomic E-state index is 15.0. The molecule has 1 fully saturated rings. The monoisotopic (exact) mass is 607 g/mol. The van der Waals surface area contributed by atoms with Crippen LogP contribution < -0.4 is 5.56 Å². The third-order valence-electron chi connectivity index (χ3n) is 6.26. The smallest absolute Gasteiger partial charge is 0.410 e. The van der Waals surface area contributed by atoms with E-state index in [0.29, 0.717) is 31.5 Å². The highest BCUT2D eigenvalue weighted by Gasteiger charge is 2.28. The molecular formula is C29H29Cl2F2N3O5. The van der Waals surface area contributed by atoms with E-state index in [4.69, 9.17) is 32.8 Å². The van der Waals surface area contributed by atoms with Crippen LogP contribution in [0.2, 0.25) is 10.0 Å². The Morgan fingerprint density at radius 3 is 2.32 bits per heavy atom. The number of hydrogen-bond acceptors (Lipinski definition) is 6. The van der Waals surface area contributed by atoms with Gasteiger partial charge in [-0.2, -0.15) is 0 Å². The van der Waals surface area contributed by atoms with Gasteiger partial charge >= 0.3 is 6.09 Å². The molecule has 12 heteroatoms. The van der Waals surface area contributed by atoms with Gasteiger partial charge in [-0.25, -0.2) is 13.6 Å². The van der Waals surface area contributed by atoms with Crippen LogP contribution in [-0.4, -0.2) is 51.2 Å². The van der Waals surface area contributed by atoms with Crippen LogP contribution in [0.5, 0.6) is 0 Å². The Labute approximate surface area is 245 Å². The number of halogens is 4. The highest BCUT2D eigenvalue weighted by molar-refractivity contribution is 6.37. The Kier molecular flexibility index (Phi) is 9.36. The number of benzene rings is 2. The van der Waals surface area contributed by atoms with E-state index in [0.717, 1.165) is 12.1 Å². The lowest BCUT2D eigenvalue weighted by Crippen LogP contribution is -2.43. The van der Waals surface area contributed by atoms with E-state index in [1.807, 2.05) is 0 Å². The Morgan fingerprint density at radius 2 is 1.73 bits per heavy atom. The Bertz CT molecular complexity index is 1510. The number of ether oxygens (including phenoxy) is 1. The van der Waals surface area contributed by atoms with Gasteiger partial charge < -0.3 is 19.6 Å². The highest BCUT2D eigenvalue weighted by atomic mass is 35.5. The molecule has 1 aliphatic rings. The molecule has 1 saturated heterocycles. The van der Waals surface area contributed by atoms with Gasteiger partial charge in [0.05, 0.1) is 22.3 Å². The normalized spacial score (nSPS) is 14.7. The first-order valence-electron chi connectivity index (χ1n) is 12.9. The number of aliphatic hydroxyl groups is 1. The topological polar surface area (TPSA) is 93.4 Å². The molecule has 1 amide bonds. The van der Waals surface area contributed by atoms with E-state index >= 15 is 0 Å². The largest absolute Gasteiger partial charge is 0.444 e. The van der Waals surface area contributed by atoms with Gasteiger partial charge in [0.1, 0.15) is 29.1 Å². The van der Waals surface area contributed by atoms with Crippen LogP contribution in [0.1, 0.15) is 50.3 Å². The van der Waals surface area contributed by atoms with Crippen LogP contribution in [0.3, 0.4) is 0 Å². The number of aliphatic hydroxyl groups excluding tert-OH is 1. The van der Waals surface area contributed by atoms with Crippen molar-refractivity contribution in [3.8, 4) is 5.69 Å². The second kappa shape index (κ2) is 12.6. The molecule has 0 atom stereocenters. The summed E-state index contributed by atoms with van der Waals surface area (Å²) >= 11 is 12.8. The van der Waals surface area contributed by atoms with Crippen LogP contribution >= 0.6 is 23.2 Å². The van der Waals surface area contributed by atoms with E-state index in [1.165, 1.54) is 41.1 Å². The molecule has 1 aliphatic heterocycles. The molecular weight excluding hydrogens is 579 g/mol. The number of rotatable bonds is 6. The zero-order valence-corrected chi connectivity index (χ0v) is 24.2. The maximum Gasteiger partial charge on any atom is 0.410 e. The standard InChI is InChI=1S/C29H29Cl2F2N3O5/c1-29(2,3)40-28(39)35-10-8-20(9-11-35)41-34-26(21-6-5-19(32)14-24(21)33)18-4-7-25(38)36(15-18)27-22(30)12-17(16-37)13-23(27)31/h4-7,12-15,20,37H,8-11,16H2,1-3H3. The summed E-state index contributed by atoms with van der Waals surface area (Å²) in [5.41, 5.74) is -0.278. The molecule has 2 heterocycles. The van der Waals surface area contributed by atoms with Crippen LogP contribution in [0.25, 0.3) is 5.69 Å². The predicted molar refractivity (Wildman–Crippen MR) is 152 cm³/mol. The number of aromatic nitrogens is 1. The average molecular weight is 608 g/mol. The van der Waals surface area contributed by atoms with Gasteiger partial charge in [0.15, 0.2) is 0 Å². The van der Waals surface area contributed by atoms with Gasteiger partial charge in [-0.1, -0.05) is 28.4 Å². The number of pyridine rings is 1. The minimum Gasteiger partial charge on any atom is -0.444 e. The molecule has 8 nitrogen and oxygen atoms in total. The van der Waals surface area contributed by atoms with Crippen LogP contribution in [-0.2, 0) is 16.2 Å². The summed E-state index contributed by atoms with van der Waals surface area (Å²) < 4.78 is 35.3. The summed E-state index contributed by atoms with van der Waals surface area (Å²) in [6, 6.07) is 8.65. The summed E-state index contributed by atoms with van der Waals surface area (Å²) in [4.78, 5) is 32.6. The van der Waals surface area contributed by atoms with Gasteiger partial charge in [0, 0.05) is 55.4 Å². The number of amides is 1. The van der Waals surface area contributed by atoms with Gasteiger partial charge in [0.25, 0.3) is 5.56 Å². The molecule has 218 valence electrons. The van der Waals surface area contributed by atoms with Crippen molar-refractivity contribution in [2.75, 3.05) is 13.1 Å². The Morgan fingerprint density at radius 1 is 1.07 bits per heavy atom. The number of likely N-dealkylation sites (tertiary alicyclic amines) is 1. The van der Waals surface area contributed by atoms with E-state index in [2.05, 4.69) is 5.16 Å². The molecule has 2 aromatic carbocycles. The van der Waals surface area contributed by atoms with Gasteiger partial charge in [-0.05, 0) is 56.7 Å². The van der Waals surface area contributed by atoms with Crippen LogP contribution in [0.4, 0.5) is 13.6 Å². The fraction of sp³-hybridized carbons (Fsp3) is 0.345. The zero-order chi connectivity index (χ0) is 29.9. The zero-order valence-electron chi connectivity index (χ0n) is 22.7. The molecule has 1 aromatic heterocycles. The number of carbonyl (C=O) groups is 1. The number of hydrogen-bond donors (Lipinski definition) is 1. The number of nitrogens with zero attached hydrogens (tertiary/aromatic N) is 3. The minimum atomic E-state index is -0.881. The molecule has 0 bridgehead atoms. The minimum absolute atomic E-state index is 0.00467. The molecule has 0 saturated carbocycles. The molecule has 3 aromatic rings. The summed E-state index contributed by atoms with van der Waals surface area (Å²) in [5, 5.41) is 13.9. The summed E-state index contributed by atoms with van der Waals surface area (Å²) in [5.74, 6) is -1.65. The van der Waals surface area contributed by atoms with E-state index < -0.39 is 35.0 Å². The number of piperidine rings is 1. The number of carbonyl (C=O) groups excluding carboxylic acids is 1. The third-order valence-corrected chi connectivity index (χ3v) is 6.83. The Balaban J connectivity index is 1.67. The van der Waals surface area contributed by atoms with E-state index in [1.54, 1.807) is 25.7 Å². The summed E-state index contributed by atoms with van der Waals surface area (Å²) in [6.07, 6.45) is 1.46. The molecule has 0 unspecified atom stereocenters. The molecule has 0 aliphatic carbocycles. The van der Waals surface area contributed by atoms with Crippen molar-refractivity contribution in [2.45, 2.75) is 51.9 Å². The fourth-order valence-corrected chi connectivity index (χ4v) is 4.99. The van der Waals surface area contributed by atoms with Gasteiger partial charge in [0.2, 0.25) is 0 Å². The predicted octanol–water partition coefficient (Wildman–Crippen LogP) is 6.08. The average Bonchev–Trinajstić information content (AvgIpc) is 2.90. The van der Waals surface area contributed by atoms with Crippen LogP contribution in [0, 0.1) is 11.6 Å². The van der Waals surface area contributed by atoms with Crippen molar-refractivity contribution < 1.29 is 28.3 Å². The SMILES string of the molecule is CC(C)(C)OC(=O)N1CCC(ON=C(c2ccc(=O)n(-c3c(Cl)cc(CO)cc3Cl)c2)c2ccc(F)cc2F)CC1. The second-order valence-electron chi connectivity index (χ2n) is 10.5. The van der Waals surface area contributed by atoms with E-state index in [9.17, 15) is 23.5 Å². The van der Waals surface area contributed by atoms with Crippen molar-refractivity contribution in [1.29, 1.82) is 0 Å². The van der Waals surface area contributed by atoms with Crippen molar-refractivity contribution in [1.82, 2.24) is 9.47 Å². The maximum absolute atomic E-state index is 15.0. The van der Waals surface area contributed by atoms with Gasteiger partial charge in [-0.15, -0.1) is 0 Å². The molecule has 41 heavy (non-hydrogen) atoms. The lowest BCUT2D eigenvalue weighted by atomic mass is 10.0. The Hall–Kier alpha value is -3.47. The number of oxime groups is 1. The quantitative estimate of drug-likeness (QED) is 0.271. The first kappa shape index (κ1) is 30.5. The summed E-state index contributed by atoms with van der Waals surface area (Å²) in [7, 11) is 0. The lowest BCUT2D eigenvalue weighted by molar-refractivity contribution is -0.00978. The molecule has 0 spiro atoms. The van der Waals surface area contributed by atoms with Crippen molar-refractivity contribution in [3.63, 3.8) is 0 Å². The lowest BCUT2D eigenvalue weighted by Gasteiger charge is -2.32. The third kappa shape index (κ3) is 7.44. The second-order valence-corrected chi connectivity index (χ2v) is 11.3. The van der Waals surface area contributed by atoms with Crippen LogP contribution in [0.15, 0.2) is 58.6 Å². The first-order valence-corrected chi connectivity index (χ1v) is 13.6. The fourth-order valence-electron chi connectivity index (χ4n) is 4.28. The molecule has 4 rings (SSSR count). The van der Waals surface area contributed by atoms with Crippen molar-refractivity contribution in [2.24, 2.45) is 5.16 Å². The van der Waals surface area contributed by atoms with E-state index in [-0.39, 0.29) is 39.2 Å². The molecule has 0 radical (unpaired) electrons. The summed E-state index contributed by atoms with van der Waals surface area (Å²) in [6.45, 7) is 5.83. The molecule has 1 N–H and O–H groups in total. The van der Waals surface area contributed by atoms with Crippen molar-refractivity contribution in [3.05, 3.63) is 97.4 Å². The van der Waals surface area contributed by atoms with Crippen molar-refractivity contribution >= 4 is 35.0 Å². The van der Waals surface area contributed by atoms with Gasteiger partial charge in [-0.3, -0.25) is 9.36 Å². The highest BCUT2D eigenvalue weighted by Crippen LogP contribution is 2.30.